The van der Waals surface area contributed by atoms with Gasteiger partial charge in [0, 0.05) is 21.9 Å². The summed E-state index contributed by atoms with van der Waals surface area (Å²) < 4.78 is 33.7. The highest BCUT2D eigenvalue weighted by molar-refractivity contribution is 6.40. The summed E-state index contributed by atoms with van der Waals surface area (Å²) in [7, 11) is 14.2. The number of aryl methyl sites for hydroxylation is 3. The van der Waals surface area contributed by atoms with Crippen LogP contribution < -0.4 is 33.9 Å². The number of ether oxygens (including phenoxy) is 6. The number of benzene rings is 4. The second kappa shape index (κ2) is 10.1. The number of hydrogen-bond donors (Lipinski definition) is 0. The third-order valence-electron chi connectivity index (χ3n) is 6.61. The molecule has 0 spiro atoms. The minimum atomic E-state index is -0.619. The van der Waals surface area contributed by atoms with Gasteiger partial charge in [-0.25, -0.2) is 4.79 Å². The van der Waals surface area contributed by atoms with E-state index in [0.717, 1.165) is 27.5 Å². The van der Waals surface area contributed by atoms with Gasteiger partial charge in [-0.15, -0.1) is 0 Å². The van der Waals surface area contributed by atoms with Crippen LogP contribution in [0.5, 0.6) is 34.5 Å². The van der Waals surface area contributed by atoms with Gasteiger partial charge in [0.1, 0.15) is 19.3 Å². The summed E-state index contributed by atoms with van der Waals surface area (Å²) in [4.78, 5) is 13.6. The molecule has 2 radical (unpaired) electrons. The summed E-state index contributed by atoms with van der Waals surface area (Å²) in [6.45, 7) is 5.75. The number of carbonyl (C=O) groups excluding carboxylic acids is 1. The van der Waals surface area contributed by atoms with Crippen LogP contribution in [0.1, 0.15) is 27.0 Å². The molecule has 0 aliphatic carbocycles. The Morgan fingerprint density at radius 1 is 0.595 bits per heavy atom. The third kappa shape index (κ3) is 4.26. The fraction of sp³-hybridized carbons (Fsp3) is 0.276. The van der Waals surface area contributed by atoms with Gasteiger partial charge in [0.05, 0.1) is 41.1 Å². The quantitative estimate of drug-likeness (QED) is 0.202. The van der Waals surface area contributed by atoms with Crippen LogP contribution in [0.4, 0.5) is 0 Å². The highest BCUT2D eigenvalue weighted by Gasteiger charge is 2.23. The summed E-state index contributed by atoms with van der Waals surface area (Å²) in [5, 5.41) is 3.02. The molecular weight excluding hydrogens is 471 g/mol. The number of rotatable bonds is 7. The lowest BCUT2D eigenvalue weighted by molar-refractivity contribution is 0.0738. The molecule has 8 heteroatoms. The molecule has 0 saturated carbocycles. The Kier molecular flexibility index (Phi) is 7.12. The standard InChI is InChI=1S/C29H29BO7/c1-14-9-17-15(2)26(34-6)23(32-4)12-19(17)22(10-14)37-29(31)21-11-18-16(3)27(35-7)24(33-5)13-20(18)28(36-8)25(21)30/h9-13H,1-8H3. The summed E-state index contributed by atoms with van der Waals surface area (Å²) in [6.07, 6.45) is 0. The molecule has 37 heavy (non-hydrogen) atoms. The van der Waals surface area contributed by atoms with Gasteiger partial charge >= 0.3 is 5.97 Å². The largest absolute Gasteiger partial charge is 0.497 e. The predicted molar refractivity (Wildman–Crippen MR) is 145 cm³/mol. The Hall–Kier alpha value is -4.07. The Morgan fingerprint density at radius 3 is 1.62 bits per heavy atom. The average Bonchev–Trinajstić information content (AvgIpc) is 2.88. The van der Waals surface area contributed by atoms with E-state index in [1.165, 1.54) is 7.11 Å². The number of esters is 1. The molecule has 4 rings (SSSR count). The molecule has 0 amide bonds. The van der Waals surface area contributed by atoms with Gasteiger partial charge in [0.2, 0.25) is 0 Å². The van der Waals surface area contributed by atoms with Gasteiger partial charge < -0.3 is 28.4 Å². The van der Waals surface area contributed by atoms with Crippen molar-refractivity contribution in [2.45, 2.75) is 20.8 Å². The Bertz CT molecular complexity index is 1540. The van der Waals surface area contributed by atoms with Crippen molar-refractivity contribution < 1.29 is 33.2 Å². The van der Waals surface area contributed by atoms with Crippen LogP contribution in [-0.2, 0) is 0 Å². The van der Waals surface area contributed by atoms with E-state index >= 15 is 0 Å². The molecule has 0 atom stereocenters. The maximum atomic E-state index is 13.6. The fourth-order valence-corrected chi connectivity index (χ4v) is 4.81. The van der Waals surface area contributed by atoms with Crippen molar-refractivity contribution in [1.29, 1.82) is 0 Å². The van der Waals surface area contributed by atoms with E-state index in [9.17, 15) is 4.79 Å². The monoisotopic (exact) mass is 500 g/mol. The van der Waals surface area contributed by atoms with Crippen molar-refractivity contribution in [1.82, 2.24) is 0 Å². The molecule has 190 valence electrons. The van der Waals surface area contributed by atoms with E-state index in [4.69, 9.17) is 36.3 Å². The molecule has 4 aromatic rings. The van der Waals surface area contributed by atoms with Gasteiger partial charge in [-0.1, -0.05) is 6.07 Å². The van der Waals surface area contributed by atoms with Gasteiger partial charge in [-0.2, -0.15) is 0 Å². The molecule has 0 aliphatic heterocycles. The second-order valence-corrected chi connectivity index (χ2v) is 8.69. The number of fused-ring (bicyclic) bond motifs is 2. The van der Waals surface area contributed by atoms with Gasteiger partial charge in [-0.05, 0) is 66.8 Å². The van der Waals surface area contributed by atoms with Crippen LogP contribution in [0.25, 0.3) is 21.5 Å². The lowest BCUT2D eigenvalue weighted by Crippen LogP contribution is -2.22. The zero-order chi connectivity index (χ0) is 27.0. The first kappa shape index (κ1) is 26.0. The van der Waals surface area contributed by atoms with E-state index in [1.807, 2.05) is 26.8 Å². The molecule has 0 heterocycles. The van der Waals surface area contributed by atoms with Crippen LogP contribution in [-0.4, -0.2) is 49.4 Å². The Balaban J connectivity index is 1.91. The molecule has 0 N–H and O–H groups in total. The fourth-order valence-electron chi connectivity index (χ4n) is 4.81. The van der Waals surface area contributed by atoms with Crippen LogP contribution >= 0.6 is 0 Å². The number of hydrogen-bond acceptors (Lipinski definition) is 7. The van der Waals surface area contributed by atoms with Crippen LogP contribution in [0, 0.1) is 20.8 Å². The van der Waals surface area contributed by atoms with E-state index in [-0.39, 0.29) is 11.0 Å². The SMILES string of the molecule is [B]c1c(C(=O)Oc2cc(C)cc3c(C)c(OC)c(OC)cc23)cc2c(C)c(OC)c(OC)cc2c1OC. The van der Waals surface area contributed by atoms with Crippen molar-refractivity contribution in [2.24, 2.45) is 0 Å². The van der Waals surface area contributed by atoms with Crippen molar-refractivity contribution in [2.75, 3.05) is 35.5 Å². The lowest BCUT2D eigenvalue weighted by atomic mass is 9.85. The molecule has 0 unspecified atom stereocenters. The van der Waals surface area contributed by atoms with Crippen LogP contribution in [0.3, 0.4) is 0 Å². The van der Waals surface area contributed by atoms with Crippen molar-refractivity contribution in [3.8, 4) is 34.5 Å². The maximum Gasteiger partial charge on any atom is 0.343 e. The molecule has 0 saturated heterocycles. The predicted octanol–water partition coefficient (Wildman–Crippen LogP) is 4.97. The lowest BCUT2D eigenvalue weighted by Gasteiger charge is -2.19. The first-order valence-electron chi connectivity index (χ1n) is 11.6. The smallest absolute Gasteiger partial charge is 0.343 e. The average molecular weight is 500 g/mol. The second-order valence-electron chi connectivity index (χ2n) is 8.69. The van der Waals surface area contributed by atoms with Crippen LogP contribution in [0.15, 0.2) is 30.3 Å². The normalized spacial score (nSPS) is 10.9. The van der Waals surface area contributed by atoms with Gasteiger partial charge in [0.25, 0.3) is 0 Å². The molecule has 7 nitrogen and oxygen atoms in total. The Morgan fingerprint density at radius 2 is 1.11 bits per heavy atom. The van der Waals surface area contributed by atoms with Gasteiger partial charge in [0.15, 0.2) is 23.0 Å². The molecule has 0 bridgehead atoms. The summed E-state index contributed by atoms with van der Waals surface area (Å²) in [5.41, 5.74) is 2.91. The van der Waals surface area contributed by atoms with Crippen molar-refractivity contribution in [3.63, 3.8) is 0 Å². The first-order chi connectivity index (χ1) is 17.7. The first-order valence-corrected chi connectivity index (χ1v) is 11.6. The van der Waals surface area contributed by atoms with Gasteiger partial charge in [-0.3, -0.25) is 0 Å². The number of carbonyl (C=O) groups is 1. The summed E-state index contributed by atoms with van der Waals surface area (Å²) >= 11 is 0. The van der Waals surface area contributed by atoms with E-state index in [1.54, 1.807) is 52.7 Å². The minimum Gasteiger partial charge on any atom is -0.497 e. The topological polar surface area (TPSA) is 72.5 Å². The minimum absolute atomic E-state index is 0.166. The third-order valence-corrected chi connectivity index (χ3v) is 6.61. The number of methoxy groups -OCH3 is 5. The molecular formula is C29H29BO7. The highest BCUT2D eigenvalue weighted by Crippen LogP contribution is 2.42. The van der Waals surface area contributed by atoms with Crippen molar-refractivity contribution in [3.05, 3.63) is 52.6 Å². The molecule has 0 aliphatic rings. The Labute approximate surface area is 217 Å². The maximum absolute atomic E-state index is 13.6. The van der Waals surface area contributed by atoms with Crippen LogP contribution in [0.2, 0.25) is 0 Å². The zero-order valence-electron chi connectivity index (χ0n) is 22.3. The molecule has 0 aromatic heterocycles. The highest BCUT2D eigenvalue weighted by atomic mass is 16.5. The summed E-state index contributed by atoms with van der Waals surface area (Å²) in [6, 6.07) is 9.09. The van der Waals surface area contributed by atoms with E-state index in [0.29, 0.717) is 45.3 Å². The molecule has 0 fully saturated rings. The van der Waals surface area contributed by atoms with E-state index in [2.05, 4.69) is 0 Å². The summed E-state index contributed by atoms with van der Waals surface area (Å²) in [5.74, 6) is 2.37. The van der Waals surface area contributed by atoms with Crippen molar-refractivity contribution >= 4 is 40.8 Å². The molecule has 4 aromatic carbocycles. The van der Waals surface area contributed by atoms with E-state index < -0.39 is 5.97 Å². The zero-order valence-corrected chi connectivity index (χ0v) is 22.3.